The second-order valence-corrected chi connectivity index (χ2v) is 5.93. The van der Waals surface area contributed by atoms with Crippen LogP contribution in [0.4, 0.5) is 0 Å². The Balaban J connectivity index is 2.66. The summed E-state index contributed by atoms with van der Waals surface area (Å²) in [6, 6.07) is 5.49. The van der Waals surface area contributed by atoms with Crippen LogP contribution in [0.25, 0.3) is 0 Å². The van der Waals surface area contributed by atoms with E-state index in [4.69, 9.17) is 27.9 Å². The molecule has 0 bridgehead atoms. The highest BCUT2D eigenvalue weighted by molar-refractivity contribution is 6.42. The molecule has 0 unspecified atom stereocenters. The van der Waals surface area contributed by atoms with Crippen molar-refractivity contribution in [1.29, 1.82) is 0 Å². The molecule has 24 heavy (non-hydrogen) atoms. The predicted molar refractivity (Wildman–Crippen MR) is 98.8 cm³/mol. The van der Waals surface area contributed by atoms with Crippen LogP contribution in [0, 0.1) is 0 Å². The lowest BCUT2D eigenvalue weighted by Crippen LogP contribution is -2.39. The van der Waals surface area contributed by atoms with Gasteiger partial charge in [0.2, 0.25) is 5.91 Å². The van der Waals surface area contributed by atoms with E-state index in [9.17, 15) is 4.79 Å². The highest BCUT2D eigenvalue weighted by atomic mass is 35.5. The number of hydrogen-bond acceptors (Lipinski definition) is 3. The van der Waals surface area contributed by atoms with Crippen molar-refractivity contribution < 1.29 is 9.53 Å². The molecule has 2 N–H and O–H groups in total. The SMILES string of the molecule is CCNC(=NCC(=O)NCCOC)N(C)Cc1ccc(Cl)c(Cl)c1. The summed E-state index contributed by atoms with van der Waals surface area (Å²) in [6.07, 6.45) is 0. The molecule has 134 valence electrons. The van der Waals surface area contributed by atoms with E-state index in [1.54, 1.807) is 13.2 Å². The molecule has 1 rings (SSSR count). The number of carbonyl (C=O) groups excluding carboxylic acids is 1. The molecule has 1 aromatic carbocycles. The van der Waals surface area contributed by atoms with Gasteiger partial charge in [0.1, 0.15) is 6.54 Å². The maximum absolute atomic E-state index is 11.7. The molecule has 8 heteroatoms. The third-order valence-corrected chi connectivity index (χ3v) is 3.84. The maximum Gasteiger partial charge on any atom is 0.241 e. The molecule has 1 amide bonds. The van der Waals surface area contributed by atoms with Gasteiger partial charge in [0.05, 0.1) is 16.7 Å². The van der Waals surface area contributed by atoms with Gasteiger partial charge in [-0.3, -0.25) is 4.79 Å². The van der Waals surface area contributed by atoms with Crippen molar-refractivity contribution in [3.63, 3.8) is 0 Å². The fourth-order valence-electron chi connectivity index (χ4n) is 1.95. The zero-order chi connectivity index (χ0) is 17.9. The molecule has 0 saturated heterocycles. The number of aliphatic imine (C=N–C) groups is 1. The minimum atomic E-state index is -0.148. The average molecular weight is 375 g/mol. The number of nitrogens with one attached hydrogen (secondary N) is 2. The van der Waals surface area contributed by atoms with E-state index in [0.29, 0.717) is 42.2 Å². The number of guanidine groups is 1. The van der Waals surface area contributed by atoms with Crippen LogP contribution in [0.5, 0.6) is 0 Å². The van der Waals surface area contributed by atoms with Crippen LogP contribution < -0.4 is 10.6 Å². The molecular weight excluding hydrogens is 351 g/mol. The zero-order valence-electron chi connectivity index (χ0n) is 14.2. The first-order chi connectivity index (χ1) is 11.5. The Kier molecular flexibility index (Phi) is 9.52. The topological polar surface area (TPSA) is 66.0 Å². The Morgan fingerprint density at radius 3 is 2.67 bits per heavy atom. The summed E-state index contributed by atoms with van der Waals surface area (Å²) in [5.41, 5.74) is 1.00. The number of hydrogen-bond donors (Lipinski definition) is 2. The summed E-state index contributed by atoms with van der Waals surface area (Å²) < 4.78 is 4.89. The van der Waals surface area contributed by atoms with Gasteiger partial charge in [0, 0.05) is 33.8 Å². The van der Waals surface area contributed by atoms with Gasteiger partial charge >= 0.3 is 0 Å². The predicted octanol–water partition coefficient (Wildman–Crippen LogP) is 2.15. The van der Waals surface area contributed by atoms with Crippen molar-refractivity contribution in [3.05, 3.63) is 33.8 Å². The van der Waals surface area contributed by atoms with E-state index < -0.39 is 0 Å². The van der Waals surface area contributed by atoms with Gasteiger partial charge < -0.3 is 20.3 Å². The standard InChI is InChI=1S/C16H24Cl2N4O2/c1-4-19-16(21-10-15(23)20-7-8-24-3)22(2)11-12-5-6-13(17)14(18)9-12/h5-6,9H,4,7-8,10-11H2,1-3H3,(H,19,21)(H,20,23). The van der Waals surface area contributed by atoms with E-state index in [2.05, 4.69) is 15.6 Å². The molecule has 0 saturated carbocycles. The van der Waals surface area contributed by atoms with E-state index in [1.165, 1.54) is 0 Å². The molecule has 0 spiro atoms. The van der Waals surface area contributed by atoms with E-state index in [1.807, 2.05) is 31.0 Å². The monoisotopic (exact) mass is 374 g/mol. The average Bonchev–Trinajstić information content (AvgIpc) is 2.55. The second-order valence-electron chi connectivity index (χ2n) is 5.12. The van der Waals surface area contributed by atoms with Gasteiger partial charge in [-0.25, -0.2) is 4.99 Å². The van der Waals surface area contributed by atoms with Crippen LogP contribution in [-0.4, -0.2) is 57.2 Å². The van der Waals surface area contributed by atoms with Crippen LogP contribution >= 0.6 is 23.2 Å². The van der Waals surface area contributed by atoms with Gasteiger partial charge in [-0.1, -0.05) is 29.3 Å². The van der Waals surface area contributed by atoms with Crippen molar-refractivity contribution >= 4 is 35.1 Å². The van der Waals surface area contributed by atoms with Crippen molar-refractivity contribution in [2.45, 2.75) is 13.5 Å². The van der Waals surface area contributed by atoms with Crippen LogP contribution in [0.15, 0.2) is 23.2 Å². The number of ether oxygens (including phenoxy) is 1. The summed E-state index contributed by atoms with van der Waals surface area (Å²) >= 11 is 12.0. The minimum absolute atomic E-state index is 0.0533. The normalized spacial score (nSPS) is 11.3. The smallest absolute Gasteiger partial charge is 0.241 e. The molecule has 0 atom stereocenters. The number of halogens is 2. The number of methoxy groups -OCH3 is 1. The first-order valence-corrected chi connectivity index (χ1v) is 8.42. The van der Waals surface area contributed by atoms with E-state index in [-0.39, 0.29) is 12.5 Å². The molecular formula is C16H24Cl2N4O2. The molecule has 0 aromatic heterocycles. The Morgan fingerprint density at radius 2 is 2.04 bits per heavy atom. The summed E-state index contributed by atoms with van der Waals surface area (Å²) in [6.45, 7) is 4.27. The maximum atomic E-state index is 11.7. The number of benzene rings is 1. The van der Waals surface area contributed by atoms with Crippen molar-refractivity contribution in [2.75, 3.05) is 40.4 Å². The van der Waals surface area contributed by atoms with Gasteiger partial charge in [-0.05, 0) is 24.6 Å². The third-order valence-electron chi connectivity index (χ3n) is 3.10. The third kappa shape index (κ3) is 7.38. The quantitative estimate of drug-likeness (QED) is 0.415. The summed E-state index contributed by atoms with van der Waals surface area (Å²) in [7, 11) is 3.48. The highest BCUT2D eigenvalue weighted by Gasteiger charge is 2.09. The van der Waals surface area contributed by atoms with Crippen molar-refractivity contribution in [3.8, 4) is 0 Å². The van der Waals surface area contributed by atoms with Gasteiger partial charge in [-0.2, -0.15) is 0 Å². The van der Waals surface area contributed by atoms with Gasteiger partial charge in [0.25, 0.3) is 0 Å². The summed E-state index contributed by atoms with van der Waals surface area (Å²) in [5, 5.41) is 6.94. The largest absolute Gasteiger partial charge is 0.383 e. The van der Waals surface area contributed by atoms with Gasteiger partial charge in [0.15, 0.2) is 5.96 Å². The van der Waals surface area contributed by atoms with Crippen molar-refractivity contribution in [1.82, 2.24) is 15.5 Å². The molecule has 6 nitrogen and oxygen atoms in total. The van der Waals surface area contributed by atoms with E-state index >= 15 is 0 Å². The molecule has 0 fully saturated rings. The lowest BCUT2D eigenvalue weighted by atomic mass is 10.2. The number of amides is 1. The Bertz CT molecular complexity index is 567. The summed E-state index contributed by atoms with van der Waals surface area (Å²) in [4.78, 5) is 18.0. The molecule has 0 aliphatic carbocycles. The first kappa shape index (κ1) is 20.5. The lowest BCUT2D eigenvalue weighted by Gasteiger charge is -2.22. The second kappa shape index (κ2) is 11.1. The molecule has 0 radical (unpaired) electrons. The fraction of sp³-hybridized carbons (Fsp3) is 0.500. The van der Waals surface area contributed by atoms with Crippen LogP contribution in [-0.2, 0) is 16.1 Å². The van der Waals surface area contributed by atoms with Crippen molar-refractivity contribution in [2.24, 2.45) is 4.99 Å². The highest BCUT2D eigenvalue weighted by Crippen LogP contribution is 2.23. The molecule has 0 aliphatic rings. The first-order valence-electron chi connectivity index (χ1n) is 7.67. The van der Waals surface area contributed by atoms with E-state index in [0.717, 1.165) is 5.56 Å². The lowest BCUT2D eigenvalue weighted by molar-refractivity contribution is -0.119. The Morgan fingerprint density at radius 1 is 1.29 bits per heavy atom. The molecule has 0 heterocycles. The summed E-state index contributed by atoms with van der Waals surface area (Å²) in [5.74, 6) is 0.496. The Hall–Kier alpha value is -1.50. The Labute approximate surface area is 153 Å². The van der Waals surface area contributed by atoms with Crippen LogP contribution in [0.1, 0.15) is 12.5 Å². The minimum Gasteiger partial charge on any atom is -0.383 e. The zero-order valence-corrected chi connectivity index (χ0v) is 15.7. The van der Waals surface area contributed by atoms with Crippen LogP contribution in [0.3, 0.4) is 0 Å². The number of nitrogens with zero attached hydrogens (tertiary/aromatic N) is 2. The number of carbonyl (C=O) groups is 1. The molecule has 1 aromatic rings. The fourth-order valence-corrected chi connectivity index (χ4v) is 2.27. The number of rotatable bonds is 8. The van der Waals surface area contributed by atoms with Gasteiger partial charge in [-0.15, -0.1) is 0 Å². The molecule has 0 aliphatic heterocycles. The van der Waals surface area contributed by atoms with Crippen LogP contribution in [0.2, 0.25) is 10.0 Å².